The summed E-state index contributed by atoms with van der Waals surface area (Å²) in [6.07, 6.45) is 5.34. The largest absolute Gasteiger partial charge is 0.473 e. The summed E-state index contributed by atoms with van der Waals surface area (Å²) in [6.45, 7) is 0. The number of carbonyl (C=O) groups is 3. The van der Waals surface area contributed by atoms with Crippen molar-refractivity contribution in [1.29, 1.82) is 0 Å². The number of aromatic nitrogens is 2. The van der Waals surface area contributed by atoms with Gasteiger partial charge in [0.15, 0.2) is 0 Å². The van der Waals surface area contributed by atoms with Gasteiger partial charge in [-0.3, -0.25) is 9.78 Å². The number of benzene rings is 1. The van der Waals surface area contributed by atoms with E-state index in [9.17, 15) is 4.79 Å². The average molecular weight is 397 g/mol. The highest BCUT2D eigenvalue weighted by molar-refractivity contribution is 8.02. The van der Waals surface area contributed by atoms with Crippen LogP contribution in [-0.4, -0.2) is 37.9 Å². The van der Waals surface area contributed by atoms with E-state index >= 15 is 0 Å². The number of carboxylic acids is 2. The summed E-state index contributed by atoms with van der Waals surface area (Å²) in [5.74, 6) is -3.64. The Labute approximate surface area is 163 Å². The van der Waals surface area contributed by atoms with Crippen LogP contribution < -0.4 is 5.32 Å². The zero-order valence-electron chi connectivity index (χ0n) is 14.3. The van der Waals surface area contributed by atoms with Crippen LogP contribution in [0.25, 0.3) is 10.9 Å². The molecule has 9 heteroatoms. The first-order valence-electron chi connectivity index (χ1n) is 8.06. The Morgan fingerprint density at radius 1 is 1.04 bits per heavy atom. The van der Waals surface area contributed by atoms with Crippen molar-refractivity contribution in [3.05, 3.63) is 77.2 Å². The number of hydrogen-bond acceptors (Lipinski definition) is 6. The van der Waals surface area contributed by atoms with E-state index in [-0.39, 0.29) is 11.2 Å². The van der Waals surface area contributed by atoms with Crippen molar-refractivity contribution in [2.45, 2.75) is 5.37 Å². The van der Waals surface area contributed by atoms with Gasteiger partial charge in [-0.2, -0.15) is 0 Å². The number of allylic oxidation sites excluding steroid dienone is 1. The van der Waals surface area contributed by atoms with Crippen molar-refractivity contribution in [3.8, 4) is 0 Å². The minimum atomic E-state index is -1.82. The summed E-state index contributed by atoms with van der Waals surface area (Å²) >= 11 is 1.59. The Hall–Kier alpha value is -3.59. The quantitative estimate of drug-likeness (QED) is 0.392. The van der Waals surface area contributed by atoms with E-state index in [1.165, 1.54) is 0 Å². The van der Waals surface area contributed by atoms with Crippen molar-refractivity contribution < 1.29 is 24.6 Å². The molecule has 142 valence electrons. The maximum Gasteiger partial charge on any atom is 0.414 e. The van der Waals surface area contributed by atoms with Crippen LogP contribution in [0.2, 0.25) is 0 Å². The number of aliphatic carboxylic acids is 2. The van der Waals surface area contributed by atoms with Crippen LogP contribution in [0.1, 0.15) is 21.3 Å². The normalized spacial score (nSPS) is 15.1. The predicted molar refractivity (Wildman–Crippen MR) is 104 cm³/mol. The van der Waals surface area contributed by atoms with Crippen LogP contribution in [-0.2, 0) is 9.59 Å². The lowest BCUT2D eigenvalue weighted by Crippen LogP contribution is -2.19. The number of rotatable bonds is 3. The second-order valence-electron chi connectivity index (χ2n) is 5.67. The van der Waals surface area contributed by atoms with Gasteiger partial charge in [0, 0.05) is 46.0 Å². The summed E-state index contributed by atoms with van der Waals surface area (Å²) in [4.78, 5) is 38.2. The Morgan fingerprint density at radius 3 is 2.46 bits per heavy atom. The van der Waals surface area contributed by atoms with Gasteiger partial charge in [-0.1, -0.05) is 24.3 Å². The van der Waals surface area contributed by atoms with Crippen molar-refractivity contribution in [1.82, 2.24) is 15.3 Å². The number of hydrogen-bond donors (Lipinski definition) is 4. The number of para-hydroxylation sites is 1. The Kier molecular flexibility index (Phi) is 5.75. The molecule has 0 saturated heterocycles. The third-order valence-electron chi connectivity index (χ3n) is 3.86. The van der Waals surface area contributed by atoms with Crippen LogP contribution in [0.5, 0.6) is 0 Å². The average Bonchev–Trinajstić information content (AvgIpc) is 3.36. The van der Waals surface area contributed by atoms with Gasteiger partial charge in [0.1, 0.15) is 5.37 Å². The molecule has 0 aliphatic carbocycles. The number of pyridine rings is 1. The molecule has 2 aromatic heterocycles. The highest BCUT2D eigenvalue weighted by Crippen LogP contribution is 2.35. The monoisotopic (exact) mass is 397 g/mol. The molecule has 1 unspecified atom stereocenters. The fourth-order valence-corrected chi connectivity index (χ4v) is 3.50. The van der Waals surface area contributed by atoms with Gasteiger partial charge < -0.3 is 20.5 Å². The third kappa shape index (κ3) is 4.21. The molecule has 3 heterocycles. The topological polar surface area (TPSA) is 132 Å². The van der Waals surface area contributed by atoms with Gasteiger partial charge in [-0.15, -0.1) is 11.8 Å². The Balaban J connectivity index is 0.000000330. The molecule has 1 atom stereocenters. The molecule has 8 nitrogen and oxygen atoms in total. The van der Waals surface area contributed by atoms with Crippen molar-refractivity contribution >= 4 is 40.4 Å². The Bertz CT molecular complexity index is 1050. The molecule has 0 bridgehead atoms. The van der Waals surface area contributed by atoms with E-state index in [1.54, 1.807) is 24.2 Å². The molecule has 0 amide bonds. The van der Waals surface area contributed by atoms with Crippen LogP contribution in [0.3, 0.4) is 0 Å². The summed E-state index contributed by atoms with van der Waals surface area (Å²) in [6, 6.07) is 11.7. The van der Waals surface area contributed by atoms with E-state index in [0.717, 1.165) is 16.5 Å². The highest BCUT2D eigenvalue weighted by atomic mass is 32.2. The van der Waals surface area contributed by atoms with Crippen LogP contribution >= 0.6 is 11.8 Å². The van der Waals surface area contributed by atoms with Crippen molar-refractivity contribution in [2.24, 2.45) is 0 Å². The smallest absolute Gasteiger partial charge is 0.414 e. The molecular weight excluding hydrogens is 382 g/mol. The molecule has 0 spiro atoms. The molecule has 4 N–H and O–H groups in total. The number of nitrogens with zero attached hydrogens (tertiary/aromatic N) is 1. The number of carbonyl (C=O) groups excluding carboxylic acids is 1. The minimum absolute atomic E-state index is 0.0105. The van der Waals surface area contributed by atoms with Crippen LogP contribution in [0, 0.1) is 0 Å². The zero-order valence-corrected chi connectivity index (χ0v) is 15.1. The molecule has 0 radical (unpaired) electrons. The second kappa shape index (κ2) is 8.40. The van der Waals surface area contributed by atoms with Gasteiger partial charge >= 0.3 is 11.9 Å². The number of H-pyrrole nitrogens is 1. The molecule has 3 aromatic rings. The summed E-state index contributed by atoms with van der Waals surface area (Å²) in [5, 5.41) is 20.9. The number of nitrogens with one attached hydrogen (secondary N) is 2. The highest BCUT2D eigenvalue weighted by Gasteiger charge is 2.25. The van der Waals surface area contributed by atoms with E-state index < -0.39 is 11.9 Å². The first-order chi connectivity index (χ1) is 13.5. The molecule has 28 heavy (non-hydrogen) atoms. The lowest BCUT2D eigenvalue weighted by atomic mass is 10.1. The summed E-state index contributed by atoms with van der Waals surface area (Å²) in [7, 11) is 0. The summed E-state index contributed by atoms with van der Waals surface area (Å²) < 4.78 is 0. The van der Waals surface area contributed by atoms with Gasteiger partial charge in [0.25, 0.3) is 0 Å². The number of fused-ring (bicyclic) bond motifs is 1. The second-order valence-corrected chi connectivity index (χ2v) is 6.64. The van der Waals surface area contributed by atoms with E-state index in [4.69, 9.17) is 19.8 Å². The van der Waals surface area contributed by atoms with Crippen LogP contribution in [0.4, 0.5) is 0 Å². The van der Waals surface area contributed by atoms with Crippen molar-refractivity contribution in [2.75, 3.05) is 0 Å². The van der Waals surface area contributed by atoms with Gasteiger partial charge in [0.05, 0.1) is 5.70 Å². The third-order valence-corrected chi connectivity index (χ3v) is 4.89. The Morgan fingerprint density at radius 2 is 1.79 bits per heavy atom. The standard InChI is InChI=1S/C17H13N3OS.C2H2O4/c21-16(13-9-19-14-6-2-1-5-12(13)14)15-10-22-17(20-15)11-4-3-7-18-8-11;3-1(4)2(5)6/h1-10,17,19-20H;(H,3,4)(H,5,6). The maximum absolute atomic E-state index is 12.7. The fourth-order valence-electron chi connectivity index (χ4n) is 2.56. The molecule has 1 aromatic carbocycles. The van der Waals surface area contributed by atoms with Crippen molar-refractivity contribution in [3.63, 3.8) is 0 Å². The molecule has 1 aliphatic heterocycles. The molecule has 1 aliphatic rings. The zero-order chi connectivity index (χ0) is 20.1. The maximum atomic E-state index is 12.7. The first-order valence-corrected chi connectivity index (χ1v) is 9.00. The number of Topliss-reactive ketones (excluding diaryl/α,β-unsaturated/α-hetero) is 1. The lowest BCUT2D eigenvalue weighted by molar-refractivity contribution is -0.159. The SMILES string of the molecule is O=C(C1=CSC(c2cccnc2)N1)c1c[nH]c2ccccc12.O=C(O)C(=O)O. The fraction of sp³-hybridized carbons (Fsp3) is 0.0526. The predicted octanol–water partition coefficient (Wildman–Crippen LogP) is 2.78. The van der Waals surface area contributed by atoms with E-state index in [1.807, 2.05) is 48.0 Å². The van der Waals surface area contributed by atoms with E-state index in [2.05, 4.69) is 15.3 Å². The molecular formula is C19H15N3O5S. The number of aromatic amines is 1. The molecule has 0 saturated carbocycles. The minimum Gasteiger partial charge on any atom is -0.473 e. The van der Waals surface area contributed by atoms with Gasteiger partial charge in [-0.25, -0.2) is 9.59 Å². The number of ketones is 1. The number of thioether (sulfide) groups is 1. The molecule has 4 rings (SSSR count). The number of carboxylic acid groups (broad SMARTS) is 2. The van der Waals surface area contributed by atoms with Gasteiger partial charge in [0.2, 0.25) is 5.78 Å². The molecule has 0 fully saturated rings. The first kappa shape index (κ1) is 19.2. The van der Waals surface area contributed by atoms with Gasteiger partial charge in [-0.05, 0) is 12.1 Å². The lowest BCUT2D eigenvalue weighted by Gasteiger charge is -2.11. The van der Waals surface area contributed by atoms with Crippen LogP contribution in [0.15, 0.2) is 66.1 Å². The van der Waals surface area contributed by atoms with E-state index in [0.29, 0.717) is 11.3 Å². The summed E-state index contributed by atoms with van der Waals surface area (Å²) in [5.41, 5.74) is 3.36.